The van der Waals surface area contributed by atoms with E-state index >= 15 is 9.59 Å². The molecule has 3 atom stereocenters. The fraction of sp³-hybridized carbons (Fsp3) is 0.298. The van der Waals surface area contributed by atoms with Gasteiger partial charge in [-0.05, 0) is 89.8 Å². The van der Waals surface area contributed by atoms with Gasteiger partial charge in [-0.2, -0.15) is 0 Å². The Morgan fingerprint density at radius 2 is 1.12 bits per heavy atom. The first-order chi connectivity index (χ1) is 34.8. The van der Waals surface area contributed by atoms with Crippen LogP contribution in [-0.2, 0) is 41.6 Å². The molecule has 0 fully saturated rings. The molecule has 17 heteroatoms. The lowest BCUT2D eigenvalue weighted by Crippen LogP contribution is -2.32. The zero-order chi connectivity index (χ0) is 54.5. The van der Waals surface area contributed by atoms with Crippen LogP contribution in [0, 0.1) is 5.92 Å². The summed E-state index contributed by atoms with van der Waals surface area (Å²) in [7, 11) is 0. The van der Waals surface area contributed by atoms with E-state index in [1.165, 1.54) is 68.4 Å². The molecule has 0 saturated carbocycles. The lowest BCUT2D eigenvalue weighted by atomic mass is 9.65. The Bertz CT molecular complexity index is 3300. The standard InChI is InChI=1S/C57H56O17/c1-27(2)12-16-39-45(64)21-20-41(53(39)65)54(66)50-43(38-18-14-36(68-30(6)58)24-46(38)70-32(8)60)22-29(5)23-44(50)51-48(72-34(10)62)26-49(73-35(11)63)52-55(67)42(17-13-28(3)4)56(74-57(51)52)40-19-15-37(69-31(7)59)25-47(40)71-33(9)61/h12-15,18-21,23-26,43-44,50,64-65H,16-17,22H2,1-11H3/t43-,44-,50-/m0/s1. The number of ketones is 1. The molecule has 6 rings (SSSR count). The van der Waals surface area contributed by atoms with Crippen molar-refractivity contribution in [1.82, 2.24) is 0 Å². The first kappa shape index (κ1) is 54.7. The quantitative estimate of drug-likeness (QED) is 0.0428. The SMILES string of the molecule is CC(=O)Oc1ccc(-c2oc3c([C@H]4C=C(C)C[C@@H](c5ccc(OC(C)=O)cc5OC(C)=O)[C@@H]4C(=O)c4ccc(O)c(CC=C(C)C)c4O)c(OC(C)=O)cc(OC(C)=O)c3c(=O)c2CC=C(C)C)c(OC(C)=O)c1. The van der Waals surface area contributed by atoms with Gasteiger partial charge in [-0.3, -0.25) is 38.4 Å². The van der Waals surface area contributed by atoms with Gasteiger partial charge < -0.3 is 43.1 Å². The van der Waals surface area contributed by atoms with Crippen molar-refractivity contribution in [2.45, 2.75) is 107 Å². The summed E-state index contributed by atoms with van der Waals surface area (Å²) in [5.41, 5.74) is 1.12. The molecule has 0 saturated heterocycles. The van der Waals surface area contributed by atoms with Gasteiger partial charge in [-0.15, -0.1) is 0 Å². The molecule has 2 N–H and O–H groups in total. The third-order valence-corrected chi connectivity index (χ3v) is 11.8. The lowest BCUT2D eigenvalue weighted by Gasteiger charge is -2.38. The van der Waals surface area contributed by atoms with Crippen LogP contribution in [0.2, 0.25) is 0 Å². The average molecular weight is 1010 g/mol. The lowest BCUT2D eigenvalue weighted by molar-refractivity contribution is -0.133. The van der Waals surface area contributed by atoms with Crippen molar-refractivity contribution in [2.24, 2.45) is 5.92 Å². The van der Waals surface area contributed by atoms with Gasteiger partial charge in [0.25, 0.3) is 0 Å². The Labute approximate surface area is 426 Å². The van der Waals surface area contributed by atoms with Crippen LogP contribution in [0.5, 0.6) is 46.0 Å². The van der Waals surface area contributed by atoms with Crippen molar-refractivity contribution in [1.29, 1.82) is 0 Å². The van der Waals surface area contributed by atoms with Crippen molar-refractivity contribution in [3.05, 3.63) is 128 Å². The molecule has 0 amide bonds. The van der Waals surface area contributed by atoms with Crippen molar-refractivity contribution in [3.63, 3.8) is 0 Å². The minimum atomic E-state index is -1.42. The number of hydrogen-bond donors (Lipinski definition) is 2. The van der Waals surface area contributed by atoms with Crippen LogP contribution in [-0.4, -0.2) is 51.8 Å². The fourth-order valence-corrected chi connectivity index (χ4v) is 8.94. The molecule has 0 bridgehead atoms. The van der Waals surface area contributed by atoms with E-state index in [1.807, 2.05) is 13.8 Å². The smallest absolute Gasteiger partial charge is 0.308 e. The number of phenolic OH excluding ortho intramolecular Hbond substituents is 2. The third kappa shape index (κ3) is 12.5. The summed E-state index contributed by atoms with van der Waals surface area (Å²) in [5, 5.41) is 22.7. The summed E-state index contributed by atoms with van der Waals surface area (Å²) in [6.07, 6.45) is 5.21. The van der Waals surface area contributed by atoms with E-state index in [0.29, 0.717) is 5.57 Å². The maximum absolute atomic E-state index is 15.9. The Kier molecular flexibility index (Phi) is 16.9. The summed E-state index contributed by atoms with van der Waals surface area (Å²) in [4.78, 5) is 107. The Morgan fingerprint density at radius 3 is 1.69 bits per heavy atom. The second kappa shape index (κ2) is 22.9. The predicted octanol–water partition coefficient (Wildman–Crippen LogP) is 10.2. The summed E-state index contributed by atoms with van der Waals surface area (Å²) >= 11 is 0. The molecule has 1 aliphatic carbocycles. The monoisotopic (exact) mass is 1010 g/mol. The van der Waals surface area contributed by atoms with E-state index in [9.17, 15) is 39.0 Å². The van der Waals surface area contributed by atoms with E-state index in [0.717, 1.165) is 38.8 Å². The highest BCUT2D eigenvalue weighted by Crippen LogP contribution is 2.54. The normalized spacial score (nSPS) is 15.0. The fourth-order valence-electron chi connectivity index (χ4n) is 8.94. The molecule has 4 aromatic carbocycles. The van der Waals surface area contributed by atoms with Gasteiger partial charge in [0.05, 0.1) is 11.1 Å². The molecule has 0 aliphatic heterocycles. The van der Waals surface area contributed by atoms with Crippen LogP contribution in [0.15, 0.2) is 98.8 Å². The van der Waals surface area contributed by atoms with Crippen LogP contribution in [0.4, 0.5) is 0 Å². The van der Waals surface area contributed by atoms with Gasteiger partial charge in [0.15, 0.2) is 5.78 Å². The Balaban J connectivity index is 1.84. The highest BCUT2D eigenvalue weighted by molar-refractivity contribution is 6.03. The topological polar surface area (TPSA) is 246 Å². The number of benzene rings is 4. The zero-order valence-corrected chi connectivity index (χ0v) is 42.8. The van der Waals surface area contributed by atoms with E-state index in [2.05, 4.69) is 0 Å². The molecular formula is C57H56O17. The number of allylic oxidation sites excluding steroid dienone is 6. The van der Waals surface area contributed by atoms with Gasteiger partial charge in [-0.25, -0.2) is 0 Å². The van der Waals surface area contributed by atoms with Gasteiger partial charge in [0, 0.05) is 94.2 Å². The number of phenols is 2. The van der Waals surface area contributed by atoms with Crippen molar-refractivity contribution < 1.29 is 76.6 Å². The maximum atomic E-state index is 15.9. The molecular weight excluding hydrogens is 957 g/mol. The van der Waals surface area contributed by atoms with Crippen LogP contribution in [0.25, 0.3) is 22.3 Å². The molecule has 1 aliphatic rings. The minimum Gasteiger partial charge on any atom is -0.508 e. The number of aromatic hydroxyl groups is 2. The maximum Gasteiger partial charge on any atom is 0.308 e. The summed E-state index contributed by atoms with van der Waals surface area (Å²) in [6, 6.07) is 12.0. The van der Waals surface area contributed by atoms with E-state index < -0.39 is 70.5 Å². The predicted molar refractivity (Wildman–Crippen MR) is 270 cm³/mol. The molecule has 17 nitrogen and oxygen atoms in total. The third-order valence-electron chi connectivity index (χ3n) is 11.8. The number of ether oxygens (including phenoxy) is 6. The number of esters is 6. The Hall–Kier alpha value is -8.60. The van der Waals surface area contributed by atoms with Crippen molar-refractivity contribution in [2.75, 3.05) is 0 Å². The number of hydrogen-bond acceptors (Lipinski definition) is 17. The highest BCUT2D eigenvalue weighted by Gasteiger charge is 2.45. The van der Waals surface area contributed by atoms with Crippen molar-refractivity contribution in [3.8, 4) is 57.3 Å². The summed E-state index contributed by atoms with van der Waals surface area (Å²) < 4.78 is 40.7. The van der Waals surface area contributed by atoms with E-state index in [4.69, 9.17) is 32.8 Å². The summed E-state index contributed by atoms with van der Waals surface area (Å²) in [6.45, 7) is 15.9. The Morgan fingerprint density at radius 1 is 0.608 bits per heavy atom. The molecule has 0 radical (unpaired) electrons. The molecule has 1 heterocycles. The first-order valence-corrected chi connectivity index (χ1v) is 23.4. The molecule has 5 aromatic rings. The minimum absolute atomic E-state index is 0.0107. The van der Waals surface area contributed by atoms with Crippen LogP contribution >= 0.6 is 0 Å². The number of carbonyl (C=O) groups is 7. The summed E-state index contributed by atoms with van der Waals surface area (Å²) in [5.74, 6) is -11.2. The van der Waals surface area contributed by atoms with E-state index in [1.54, 1.807) is 39.0 Å². The molecule has 0 spiro atoms. The zero-order valence-electron chi connectivity index (χ0n) is 42.8. The highest BCUT2D eigenvalue weighted by atomic mass is 16.6. The number of rotatable bonds is 15. The molecule has 74 heavy (non-hydrogen) atoms. The largest absolute Gasteiger partial charge is 0.508 e. The molecule has 1 aromatic heterocycles. The van der Waals surface area contributed by atoms with Crippen LogP contribution < -0.4 is 33.8 Å². The van der Waals surface area contributed by atoms with Crippen LogP contribution in [0.1, 0.15) is 127 Å². The number of fused-ring (bicyclic) bond motifs is 1. The van der Waals surface area contributed by atoms with Crippen molar-refractivity contribution >= 4 is 52.6 Å². The van der Waals surface area contributed by atoms with Gasteiger partial charge in [-0.1, -0.05) is 41.0 Å². The molecule has 0 unspecified atom stereocenters. The van der Waals surface area contributed by atoms with Gasteiger partial charge >= 0.3 is 35.8 Å². The van der Waals surface area contributed by atoms with Gasteiger partial charge in [0.1, 0.15) is 62.7 Å². The first-order valence-electron chi connectivity index (χ1n) is 23.4. The van der Waals surface area contributed by atoms with Crippen LogP contribution in [0.3, 0.4) is 0 Å². The second-order valence-electron chi connectivity index (χ2n) is 18.3. The van der Waals surface area contributed by atoms with Gasteiger partial charge in [0.2, 0.25) is 5.43 Å². The average Bonchev–Trinajstić information content (AvgIpc) is 3.27. The second-order valence-corrected chi connectivity index (χ2v) is 18.3. The van der Waals surface area contributed by atoms with E-state index in [-0.39, 0.29) is 110 Å². The number of Topliss-reactive ketones (excluding diaryl/α,β-unsaturated/α-hetero) is 1. The molecule has 386 valence electrons. The number of carbonyl (C=O) groups excluding carboxylic acids is 7.